The second-order valence-electron chi connectivity index (χ2n) is 6.72. The molecule has 0 bridgehead atoms. The first kappa shape index (κ1) is 18.1. The number of anilines is 1. The van der Waals surface area contributed by atoms with Crippen LogP contribution in [0.3, 0.4) is 0 Å². The van der Waals surface area contributed by atoms with E-state index in [-0.39, 0.29) is 0 Å². The predicted octanol–water partition coefficient (Wildman–Crippen LogP) is 2.53. The molecule has 4 rings (SSSR count). The SMILES string of the molecule is CCc1ccc(S(=O)(=O)N2CCN(c3ccc4c(c3)OCCO4)CC2)cc1. The Kier molecular flexibility index (Phi) is 4.97. The summed E-state index contributed by atoms with van der Waals surface area (Å²) in [5.41, 5.74) is 2.17. The molecule has 0 N–H and O–H groups in total. The van der Waals surface area contributed by atoms with Crippen molar-refractivity contribution in [2.24, 2.45) is 0 Å². The molecule has 144 valence electrons. The molecule has 0 radical (unpaired) electrons. The number of nitrogens with zero attached hydrogens (tertiary/aromatic N) is 2. The van der Waals surface area contributed by atoms with E-state index in [1.165, 1.54) is 0 Å². The Morgan fingerprint density at radius 3 is 2.22 bits per heavy atom. The molecule has 1 fully saturated rings. The highest BCUT2D eigenvalue weighted by atomic mass is 32.2. The van der Waals surface area contributed by atoms with Gasteiger partial charge in [0.1, 0.15) is 13.2 Å². The van der Waals surface area contributed by atoms with E-state index in [1.54, 1.807) is 16.4 Å². The Labute approximate surface area is 160 Å². The number of aryl methyl sites for hydroxylation is 1. The van der Waals surface area contributed by atoms with Crippen molar-refractivity contribution in [3.63, 3.8) is 0 Å². The van der Waals surface area contributed by atoms with Gasteiger partial charge >= 0.3 is 0 Å². The third kappa shape index (κ3) is 3.61. The first-order chi connectivity index (χ1) is 13.1. The molecule has 0 aromatic heterocycles. The van der Waals surface area contributed by atoms with Crippen LogP contribution in [-0.2, 0) is 16.4 Å². The van der Waals surface area contributed by atoms with Crippen LogP contribution in [-0.4, -0.2) is 52.1 Å². The summed E-state index contributed by atoms with van der Waals surface area (Å²) in [6, 6.07) is 13.1. The molecule has 27 heavy (non-hydrogen) atoms. The third-order valence-electron chi connectivity index (χ3n) is 5.10. The Bertz CT molecular complexity index is 904. The normalized spacial score (nSPS) is 17.7. The van der Waals surface area contributed by atoms with Crippen molar-refractivity contribution in [3.8, 4) is 11.5 Å². The molecular weight excluding hydrogens is 364 g/mol. The summed E-state index contributed by atoms with van der Waals surface area (Å²) in [4.78, 5) is 2.55. The molecule has 0 amide bonds. The first-order valence-electron chi connectivity index (χ1n) is 9.31. The summed E-state index contributed by atoms with van der Waals surface area (Å²) in [5, 5.41) is 0. The van der Waals surface area contributed by atoms with Gasteiger partial charge in [-0.25, -0.2) is 8.42 Å². The van der Waals surface area contributed by atoms with Gasteiger partial charge in [-0.1, -0.05) is 19.1 Å². The van der Waals surface area contributed by atoms with E-state index in [4.69, 9.17) is 9.47 Å². The summed E-state index contributed by atoms with van der Waals surface area (Å²) in [5.74, 6) is 1.52. The lowest BCUT2D eigenvalue weighted by molar-refractivity contribution is 0.171. The van der Waals surface area contributed by atoms with Gasteiger partial charge in [0.25, 0.3) is 0 Å². The smallest absolute Gasteiger partial charge is 0.243 e. The highest BCUT2D eigenvalue weighted by Gasteiger charge is 2.29. The lowest BCUT2D eigenvalue weighted by Gasteiger charge is -2.35. The van der Waals surface area contributed by atoms with Gasteiger partial charge in [0.2, 0.25) is 10.0 Å². The van der Waals surface area contributed by atoms with Crippen molar-refractivity contribution in [2.45, 2.75) is 18.2 Å². The minimum absolute atomic E-state index is 0.368. The van der Waals surface area contributed by atoms with E-state index < -0.39 is 10.0 Å². The van der Waals surface area contributed by atoms with Crippen LogP contribution in [0.1, 0.15) is 12.5 Å². The summed E-state index contributed by atoms with van der Waals surface area (Å²) in [6.45, 7) is 5.40. The molecule has 6 nitrogen and oxygen atoms in total. The number of benzene rings is 2. The molecule has 0 atom stereocenters. The Balaban J connectivity index is 1.45. The van der Waals surface area contributed by atoms with Gasteiger partial charge in [-0.3, -0.25) is 0 Å². The van der Waals surface area contributed by atoms with Crippen molar-refractivity contribution < 1.29 is 17.9 Å². The summed E-state index contributed by atoms with van der Waals surface area (Å²) in [7, 11) is -3.45. The van der Waals surface area contributed by atoms with E-state index in [2.05, 4.69) is 11.8 Å². The molecule has 2 aliphatic heterocycles. The zero-order valence-electron chi connectivity index (χ0n) is 15.4. The fourth-order valence-electron chi connectivity index (χ4n) is 3.46. The minimum Gasteiger partial charge on any atom is -0.486 e. The molecule has 0 unspecified atom stereocenters. The second kappa shape index (κ2) is 7.40. The number of ether oxygens (including phenoxy) is 2. The number of hydrogen-bond acceptors (Lipinski definition) is 5. The quantitative estimate of drug-likeness (QED) is 0.806. The molecule has 0 spiro atoms. The molecule has 2 aromatic rings. The number of piperazine rings is 1. The zero-order valence-corrected chi connectivity index (χ0v) is 16.2. The Hall–Kier alpha value is -2.25. The molecule has 2 aliphatic rings. The minimum atomic E-state index is -3.45. The number of rotatable bonds is 4. The van der Waals surface area contributed by atoms with Crippen LogP contribution < -0.4 is 14.4 Å². The molecule has 1 saturated heterocycles. The highest BCUT2D eigenvalue weighted by molar-refractivity contribution is 7.89. The van der Waals surface area contributed by atoms with Crippen molar-refractivity contribution >= 4 is 15.7 Å². The predicted molar refractivity (Wildman–Crippen MR) is 104 cm³/mol. The van der Waals surface area contributed by atoms with Gasteiger partial charge in [-0.05, 0) is 36.2 Å². The summed E-state index contributed by atoms with van der Waals surface area (Å²) >= 11 is 0. The summed E-state index contributed by atoms with van der Waals surface area (Å²) < 4.78 is 38.6. The second-order valence-corrected chi connectivity index (χ2v) is 8.65. The van der Waals surface area contributed by atoms with Crippen molar-refractivity contribution in [3.05, 3.63) is 48.0 Å². The fraction of sp³-hybridized carbons (Fsp3) is 0.400. The average Bonchev–Trinajstić information content (AvgIpc) is 2.73. The van der Waals surface area contributed by atoms with Crippen molar-refractivity contribution in [2.75, 3.05) is 44.3 Å². The van der Waals surface area contributed by atoms with E-state index in [0.29, 0.717) is 44.3 Å². The third-order valence-corrected chi connectivity index (χ3v) is 7.01. The van der Waals surface area contributed by atoms with Crippen molar-refractivity contribution in [1.82, 2.24) is 4.31 Å². The first-order valence-corrected chi connectivity index (χ1v) is 10.8. The van der Waals surface area contributed by atoms with E-state index in [0.717, 1.165) is 29.2 Å². The largest absolute Gasteiger partial charge is 0.486 e. The van der Waals surface area contributed by atoms with Crippen LogP contribution in [0.5, 0.6) is 11.5 Å². The number of hydrogen-bond donors (Lipinski definition) is 0. The van der Waals surface area contributed by atoms with Crippen LogP contribution in [0.2, 0.25) is 0 Å². The molecule has 7 heteroatoms. The van der Waals surface area contributed by atoms with Crippen LogP contribution in [0.25, 0.3) is 0 Å². The van der Waals surface area contributed by atoms with Crippen LogP contribution >= 0.6 is 0 Å². The van der Waals surface area contributed by atoms with Crippen LogP contribution in [0.4, 0.5) is 5.69 Å². The molecule has 2 heterocycles. The summed E-state index contributed by atoms with van der Waals surface area (Å²) in [6.07, 6.45) is 0.897. The number of sulfonamides is 1. The molecule has 2 aromatic carbocycles. The topological polar surface area (TPSA) is 59.1 Å². The van der Waals surface area contributed by atoms with E-state index in [9.17, 15) is 8.42 Å². The number of fused-ring (bicyclic) bond motifs is 1. The Morgan fingerprint density at radius 1 is 0.889 bits per heavy atom. The fourth-order valence-corrected chi connectivity index (χ4v) is 4.88. The monoisotopic (exact) mass is 388 g/mol. The van der Waals surface area contributed by atoms with Gasteiger partial charge in [-0.2, -0.15) is 4.31 Å². The molecule has 0 saturated carbocycles. The maximum absolute atomic E-state index is 12.9. The molecular formula is C20H24N2O4S. The lowest BCUT2D eigenvalue weighted by Crippen LogP contribution is -2.48. The van der Waals surface area contributed by atoms with Gasteiger partial charge in [0, 0.05) is 37.9 Å². The maximum Gasteiger partial charge on any atom is 0.243 e. The average molecular weight is 388 g/mol. The van der Waals surface area contributed by atoms with Crippen LogP contribution in [0.15, 0.2) is 47.4 Å². The maximum atomic E-state index is 12.9. The van der Waals surface area contributed by atoms with Crippen molar-refractivity contribution in [1.29, 1.82) is 0 Å². The van der Waals surface area contributed by atoms with Gasteiger partial charge in [0.05, 0.1) is 4.90 Å². The lowest BCUT2D eigenvalue weighted by atomic mass is 10.2. The zero-order chi connectivity index (χ0) is 18.9. The molecule has 0 aliphatic carbocycles. The van der Waals surface area contributed by atoms with Crippen LogP contribution in [0, 0.1) is 0 Å². The van der Waals surface area contributed by atoms with Gasteiger partial charge in [0.15, 0.2) is 11.5 Å². The highest BCUT2D eigenvalue weighted by Crippen LogP contribution is 2.34. The standard InChI is InChI=1S/C20H24N2O4S/c1-2-16-3-6-18(7-4-16)27(23,24)22-11-9-21(10-12-22)17-5-8-19-20(15-17)26-14-13-25-19/h3-8,15H,2,9-14H2,1H3. The van der Waals surface area contributed by atoms with E-state index in [1.807, 2.05) is 30.3 Å². The van der Waals surface area contributed by atoms with Gasteiger partial charge < -0.3 is 14.4 Å². The van der Waals surface area contributed by atoms with E-state index >= 15 is 0 Å². The Morgan fingerprint density at radius 2 is 1.56 bits per heavy atom. The van der Waals surface area contributed by atoms with Gasteiger partial charge in [-0.15, -0.1) is 0 Å².